The van der Waals surface area contributed by atoms with Crippen LogP contribution in [0.25, 0.3) is 5.69 Å². The molecule has 0 unspecified atom stereocenters. The van der Waals surface area contributed by atoms with Crippen molar-refractivity contribution in [1.29, 1.82) is 0 Å². The Labute approximate surface area is 146 Å². The SMILES string of the molecule is COc1cccc(-n2nnnc2SCC(=O)N(C(C)C)C(C)C)c1. The molecule has 0 bridgehead atoms. The molecule has 2 rings (SSSR count). The molecule has 0 spiro atoms. The van der Waals surface area contributed by atoms with Gasteiger partial charge in [-0.15, -0.1) is 5.10 Å². The zero-order valence-electron chi connectivity index (χ0n) is 14.6. The highest BCUT2D eigenvalue weighted by molar-refractivity contribution is 7.99. The van der Waals surface area contributed by atoms with Crippen LogP contribution in [-0.2, 0) is 4.79 Å². The van der Waals surface area contributed by atoms with Crippen LogP contribution in [0.1, 0.15) is 27.7 Å². The molecule has 1 amide bonds. The van der Waals surface area contributed by atoms with Crippen LogP contribution in [-0.4, -0.2) is 56.0 Å². The molecule has 24 heavy (non-hydrogen) atoms. The molecule has 2 aromatic rings. The molecule has 0 saturated carbocycles. The van der Waals surface area contributed by atoms with E-state index in [0.29, 0.717) is 10.9 Å². The summed E-state index contributed by atoms with van der Waals surface area (Å²) in [5.41, 5.74) is 0.791. The van der Waals surface area contributed by atoms with Crippen LogP contribution in [0, 0.1) is 0 Å². The zero-order valence-corrected chi connectivity index (χ0v) is 15.4. The van der Waals surface area contributed by atoms with E-state index in [1.54, 1.807) is 11.8 Å². The van der Waals surface area contributed by atoms with E-state index in [4.69, 9.17) is 4.74 Å². The molecule has 0 N–H and O–H groups in total. The Balaban J connectivity index is 2.12. The van der Waals surface area contributed by atoms with Gasteiger partial charge in [0.15, 0.2) is 0 Å². The Morgan fingerprint density at radius 2 is 2.00 bits per heavy atom. The van der Waals surface area contributed by atoms with Crippen molar-refractivity contribution < 1.29 is 9.53 Å². The molecule has 130 valence electrons. The Kier molecular flexibility index (Phi) is 6.19. The Hall–Kier alpha value is -2.09. The van der Waals surface area contributed by atoms with Gasteiger partial charge in [0.25, 0.3) is 0 Å². The maximum Gasteiger partial charge on any atom is 0.233 e. The molecule has 0 saturated heterocycles. The fraction of sp³-hybridized carbons (Fsp3) is 0.500. The second-order valence-electron chi connectivity index (χ2n) is 5.85. The van der Waals surface area contributed by atoms with Crippen LogP contribution < -0.4 is 4.74 Å². The van der Waals surface area contributed by atoms with Crippen molar-refractivity contribution in [3.8, 4) is 11.4 Å². The predicted molar refractivity (Wildman–Crippen MR) is 93.5 cm³/mol. The number of thioether (sulfide) groups is 1. The van der Waals surface area contributed by atoms with Gasteiger partial charge in [-0.05, 0) is 50.3 Å². The summed E-state index contributed by atoms with van der Waals surface area (Å²) < 4.78 is 6.83. The molecule has 8 heteroatoms. The number of tetrazole rings is 1. The van der Waals surface area contributed by atoms with E-state index in [9.17, 15) is 4.79 Å². The van der Waals surface area contributed by atoms with E-state index in [-0.39, 0.29) is 18.0 Å². The van der Waals surface area contributed by atoms with Crippen molar-refractivity contribution in [3.05, 3.63) is 24.3 Å². The summed E-state index contributed by atoms with van der Waals surface area (Å²) in [4.78, 5) is 14.3. The zero-order chi connectivity index (χ0) is 17.7. The van der Waals surface area contributed by atoms with Gasteiger partial charge in [-0.2, -0.15) is 4.68 Å². The Morgan fingerprint density at radius 3 is 2.62 bits per heavy atom. The Bertz CT molecular complexity index is 679. The highest BCUT2D eigenvalue weighted by Gasteiger charge is 2.21. The molecule has 0 atom stereocenters. The molecule has 0 aliphatic heterocycles. The third-order valence-corrected chi connectivity index (χ3v) is 4.37. The maximum absolute atomic E-state index is 12.5. The standard InChI is InChI=1S/C16H23N5O2S/c1-11(2)20(12(3)4)15(22)10-24-16-17-18-19-21(16)13-7-6-8-14(9-13)23-5/h6-9,11-12H,10H2,1-5H3. The Morgan fingerprint density at radius 1 is 1.29 bits per heavy atom. The highest BCUT2D eigenvalue weighted by Crippen LogP contribution is 2.22. The fourth-order valence-electron chi connectivity index (χ4n) is 2.55. The van der Waals surface area contributed by atoms with E-state index in [1.165, 1.54) is 11.8 Å². The predicted octanol–water partition coefficient (Wildman–Crippen LogP) is 2.41. The number of aromatic nitrogens is 4. The van der Waals surface area contributed by atoms with Gasteiger partial charge < -0.3 is 9.64 Å². The number of rotatable bonds is 7. The van der Waals surface area contributed by atoms with Gasteiger partial charge >= 0.3 is 0 Å². The lowest BCUT2D eigenvalue weighted by Gasteiger charge is -2.30. The van der Waals surface area contributed by atoms with E-state index < -0.39 is 0 Å². The molecule has 7 nitrogen and oxygen atoms in total. The molecule has 1 aromatic carbocycles. The van der Waals surface area contributed by atoms with Gasteiger partial charge in [-0.25, -0.2) is 0 Å². The first-order valence-electron chi connectivity index (χ1n) is 7.80. The monoisotopic (exact) mass is 349 g/mol. The topological polar surface area (TPSA) is 73.1 Å². The number of hydrogen-bond acceptors (Lipinski definition) is 6. The quantitative estimate of drug-likeness (QED) is 0.715. The second kappa shape index (κ2) is 8.14. The van der Waals surface area contributed by atoms with E-state index in [1.807, 2.05) is 56.9 Å². The summed E-state index contributed by atoms with van der Waals surface area (Å²) in [6, 6.07) is 7.78. The molecule has 0 radical (unpaired) electrons. The lowest BCUT2D eigenvalue weighted by atomic mass is 10.2. The number of carbonyl (C=O) groups is 1. The van der Waals surface area contributed by atoms with Gasteiger partial charge in [0.05, 0.1) is 18.6 Å². The number of amides is 1. The number of ether oxygens (including phenoxy) is 1. The van der Waals surface area contributed by atoms with Gasteiger partial charge in [0.1, 0.15) is 5.75 Å². The number of methoxy groups -OCH3 is 1. The number of hydrogen-bond donors (Lipinski definition) is 0. The summed E-state index contributed by atoms with van der Waals surface area (Å²) in [5.74, 6) is 1.09. The summed E-state index contributed by atoms with van der Waals surface area (Å²) in [6.07, 6.45) is 0. The number of carbonyl (C=O) groups excluding carboxylic acids is 1. The smallest absolute Gasteiger partial charge is 0.233 e. The first-order valence-corrected chi connectivity index (χ1v) is 8.79. The van der Waals surface area contributed by atoms with Crippen molar-refractivity contribution in [2.24, 2.45) is 0 Å². The molecule has 1 heterocycles. The van der Waals surface area contributed by atoms with E-state index in [2.05, 4.69) is 15.5 Å². The molecular formula is C16H23N5O2S. The van der Waals surface area contributed by atoms with E-state index >= 15 is 0 Å². The molecule has 0 aliphatic carbocycles. The first kappa shape index (κ1) is 18.3. The fourth-order valence-corrected chi connectivity index (χ4v) is 3.31. The minimum Gasteiger partial charge on any atom is -0.497 e. The largest absolute Gasteiger partial charge is 0.497 e. The average Bonchev–Trinajstić information content (AvgIpc) is 3.00. The lowest BCUT2D eigenvalue weighted by molar-refractivity contribution is -0.131. The van der Waals surface area contributed by atoms with Gasteiger partial charge in [0.2, 0.25) is 11.1 Å². The van der Waals surface area contributed by atoms with Gasteiger partial charge in [0, 0.05) is 18.2 Å². The molecular weight excluding hydrogens is 326 g/mol. The summed E-state index contributed by atoms with van der Waals surface area (Å²) in [7, 11) is 1.61. The number of nitrogens with zero attached hydrogens (tertiary/aromatic N) is 5. The summed E-state index contributed by atoms with van der Waals surface area (Å²) in [6.45, 7) is 8.07. The van der Waals surface area contributed by atoms with Gasteiger partial charge in [-0.3, -0.25) is 4.79 Å². The van der Waals surface area contributed by atoms with Crippen LogP contribution in [0.4, 0.5) is 0 Å². The molecule has 0 aliphatic rings. The van der Waals surface area contributed by atoms with Crippen LogP contribution in [0.2, 0.25) is 0 Å². The first-order chi connectivity index (χ1) is 11.4. The lowest BCUT2D eigenvalue weighted by Crippen LogP contribution is -2.43. The third-order valence-electron chi connectivity index (χ3n) is 3.46. The normalized spacial score (nSPS) is 11.1. The van der Waals surface area contributed by atoms with Crippen molar-refractivity contribution >= 4 is 17.7 Å². The minimum absolute atomic E-state index is 0.0743. The van der Waals surface area contributed by atoms with Crippen LogP contribution in [0.3, 0.4) is 0 Å². The average molecular weight is 349 g/mol. The van der Waals surface area contributed by atoms with Crippen molar-refractivity contribution in [1.82, 2.24) is 25.1 Å². The molecule has 1 aromatic heterocycles. The van der Waals surface area contributed by atoms with Crippen molar-refractivity contribution in [2.45, 2.75) is 44.9 Å². The summed E-state index contributed by atoms with van der Waals surface area (Å²) >= 11 is 1.33. The summed E-state index contributed by atoms with van der Waals surface area (Å²) in [5, 5.41) is 12.3. The molecule has 0 fully saturated rings. The maximum atomic E-state index is 12.5. The van der Waals surface area contributed by atoms with E-state index in [0.717, 1.165) is 11.4 Å². The van der Waals surface area contributed by atoms with Crippen molar-refractivity contribution in [2.75, 3.05) is 12.9 Å². The van der Waals surface area contributed by atoms with Crippen LogP contribution >= 0.6 is 11.8 Å². The second-order valence-corrected chi connectivity index (χ2v) is 6.79. The third kappa shape index (κ3) is 4.25. The van der Waals surface area contributed by atoms with Crippen LogP contribution in [0.15, 0.2) is 29.4 Å². The van der Waals surface area contributed by atoms with Crippen molar-refractivity contribution in [3.63, 3.8) is 0 Å². The minimum atomic E-state index is 0.0743. The van der Waals surface area contributed by atoms with Gasteiger partial charge in [-0.1, -0.05) is 17.8 Å². The van der Waals surface area contributed by atoms with Crippen LogP contribution in [0.5, 0.6) is 5.75 Å². The number of benzene rings is 1. The highest BCUT2D eigenvalue weighted by atomic mass is 32.2.